The predicted molar refractivity (Wildman–Crippen MR) is 130 cm³/mol. The fourth-order valence-corrected chi connectivity index (χ4v) is 5.03. The molecule has 0 unspecified atom stereocenters. The molecule has 2 aromatic heterocycles. The van der Waals surface area contributed by atoms with Gasteiger partial charge in [0.1, 0.15) is 11.3 Å². The number of aromatic nitrogens is 3. The second-order valence-electron chi connectivity index (χ2n) is 7.81. The van der Waals surface area contributed by atoms with Crippen molar-refractivity contribution in [2.45, 2.75) is 30.7 Å². The Bertz CT molecular complexity index is 1380. The number of methoxy groups -OCH3 is 1. The maximum atomic E-state index is 12.5. The molecule has 0 atom stereocenters. The minimum atomic E-state index is -3.60. The van der Waals surface area contributed by atoms with Crippen LogP contribution in [0.1, 0.15) is 18.7 Å². The number of ether oxygens (including phenoxy) is 1. The average molecular weight is 469 g/mol. The van der Waals surface area contributed by atoms with E-state index in [2.05, 4.69) is 14.3 Å². The van der Waals surface area contributed by atoms with Crippen LogP contribution in [-0.2, 0) is 27.7 Å². The van der Waals surface area contributed by atoms with Gasteiger partial charge in [0.15, 0.2) is 5.82 Å². The summed E-state index contributed by atoms with van der Waals surface area (Å²) in [5.74, 6) is 1.27. The number of anilines is 2. The van der Waals surface area contributed by atoms with Crippen LogP contribution in [0.25, 0.3) is 21.9 Å². The molecule has 0 saturated carbocycles. The lowest BCUT2D eigenvalue weighted by atomic mass is 10.2. The second-order valence-corrected chi connectivity index (χ2v) is 9.58. The van der Waals surface area contributed by atoms with Gasteiger partial charge in [0.2, 0.25) is 10.0 Å². The highest BCUT2D eigenvalue weighted by atomic mass is 32.2. The first-order valence-corrected chi connectivity index (χ1v) is 12.3. The molecule has 2 aromatic carbocycles. The molecule has 4 aromatic rings. The summed E-state index contributed by atoms with van der Waals surface area (Å²) < 4.78 is 35.0. The van der Waals surface area contributed by atoms with Crippen LogP contribution in [0.15, 0.2) is 53.4 Å². The molecule has 0 aliphatic heterocycles. The number of pyridine rings is 1. The molecule has 0 spiro atoms. The summed E-state index contributed by atoms with van der Waals surface area (Å²) in [5, 5.41) is 0.986. The normalized spacial score (nSPS) is 12.0. The number of sulfonamides is 1. The van der Waals surface area contributed by atoms with Gasteiger partial charge in [-0.15, -0.1) is 0 Å². The molecule has 174 valence electrons. The summed E-state index contributed by atoms with van der Waals surface area (Å²) >= 11 is 0. The van der Waals surface area contributed by atoms with Crippen LogP contribution in [0, 0.1) is 0 Å². The van der Waals surface area contributed by atoms with Gasteiger partial charge in [-0.25, -0.2) is 23.1 Å². The molecule has 5 N–H and O–H groups in total. The number of hydrogen-bond acceptors (Lipinski definition) is 7. The molecule has 0 amide bonds. The zero-order chi connectivity index (χ0) is 23.4. The smallest absolute Gasteiger partial charge is 0.240 e. The van der Waals surface area contributed by atoms with Gasteiger partial charge in [-0.3, -0.25) is 0 Å². The Morgan fingerprint density at radius 3 is 2.67 bits per heavy atom. The van der Waals surface area contributed by atoms with Crippen LogP contribution < -0.4 is 16.2 Å². The van der Waals surface area contributed by atoms with E-state index < -0.39 is 10.0 Å². The number of nitrogens with zero attached hydrogens (tertiary/aromatic N) is 3. The minimum absolute atomic E-state index is 0.166. The highest BCUT2D eigenvalue weighted by Crippen LogP contribution is 2.29. The maximum Gasteiger partial charge on any atom is 0.240 e. The monoisotopic (exact) mass is 468 g/mol. The number of unbranched alkanes of at least 4 members (excludes halogenated alkanes) is 1. The number of benzene rings is 2. The largest absolute Gasteiger partial charge is 0.399 e. The number of nitrogens with two attached hydrogens (primary N) is 2. The van der Waals surface area contributed by atoms with Crippen LogP contribution in [0.3, 0.4) is 0 Å². The Hall–Kier alpha value is -3.21. The van der Waals surface area contributed by atoms with Crippen molar-refractivity contribution in [2.24, 2.45) is 0 Å². The van der Waals surface area contributed by atoms with Gasteiger partial charge in [-0.1, -0.05) is 24.3 Å². The highest BCUT2D eigenvalue weighted by molar-refractivity contribution is 7.89. The lowest BCUT2D eigenvalue weighted by molar-refractivity contribution is 0.199. The van der Waals surface area contributed by atoms with Crippen LogP contribution in [0.4, 0.5) is 11.5 Å². The fourth-order valence-electron chi connectivity index (χ4n) is 3.90. The number of hydrogen-bond donors (Lipinski definition) is 3. The lowest BCUT2D eigenvalue weighted by Gasteiger charge is -2.11. The number of nitrogens with one attached hydrogen (secondary N) is 1. The van der Waals surface area contributed by atoms with Crippen molar-refractivity contribution in [2.75, 3.05) is 31.7 Å². The quantitative estimate of drug-likeness (QED) is 0.240. The van der Waals surface area contributed by atoms with E-state index in [4.69, 9.17) is 21.2 Å². The van der Waals surface area contributed by atoms with Gasteiger partial charge in [0, 0.05) is 37.7 Å². The van der Waals surface area contributed by atoms with Crippen molar-refractivity contribution in [3.8, 4) is 0 Å². The molecule has 0 radical (unpaired) electrons. The van der Waals surface area contributed by atoms with E-state index in [0.29, 0.717) is 49.6 Å². The molecule has 10 heteroatoms. The van der Waals surface area contributed by atoms with Crippen molar-refractivity contribution in [1.29, 1.82) is 0 Å². The van der Waals surface area contributed by atoms with E-state index in [-0.39, 0.29) is 4.90 Å². The summed E-state index contributed by atoms with van der Waals surface area (Å²) in [6, 6.07) is 14.1. The molecular weight excluding hydrogens is 440 g/mol. The SMILES string of the molecule is COCCc1nc2c(N)nc3ccccc3c2n1CCCCNS(=O)(=O)c1cccc(N)c1. The Kier molecular flexibility index (Phi) is 6.77. The molecule has 0 aliphatic carbocycles. The van der Waals surface area contributed by atoms with Crippen molar-refractivity contribution >= 4 is 43.5 Å². The molecule has 0 bridgehead atoms. The van der Waals surface area contributed by atoms with E-state index >= 15 is 0 Å². The number of nitrogen functional groups attached to an aromatic ring is 2. The van der Waals surface area contributed by atoms with Gasteiger partial charge >= 0.3 is 0 Å². The van der Waals surface area contributed by atoms with Gasteiger partial charge in [-0.05, 0) is 37.1 Å². The standard InChI is InChI=1S/C23H28N6O3S/c1-32-14-11-20-28-21-22(18-9-2-3-10-19(18)27-23(21)25)29(20)13-5-4-12-26-33(30,31)17-8-6-7-16(24)15-17/h2-3,6-10,15,26H,4-5,11-14,24H2,1H3,(H2,25,27). The summed E-state index contributed by atoms with van der Waals surface area (Å²) in [4.78, 5) is 9.42. The minimum Gasteiger partial charge on any atom is -0.399 e. The molecule has 0 aliphatic rings. The first kappa shape index (κ1) is 23.0. The Labute approximate surface area is 192 Å². The van der Waals surface area contributed by atoms with Crippen LogP contribution in [-0.4, -0.2) is 43.2 Å². The Balaban J connectivity index is 1.52. The number of imidazole rings is 1. The van der Waals surface area contributed by atoms with E-state index in [1.165, 1.54) is 12.1 Å². The van der Waals surface area contributed by atoms with Crippen molar-refractivity contribution in [3.63, 3.8) is 0 Å². The van der Waals surface area contributed by atoms with Gasteiger partial charge in [-0.2, -0.15) is 0 Å². The van der Waals surface area contributed by atoms with Crippen molar-refractivity contribution in [3.05, 3.63) is 54.4 Å². The van der Waals surface area contributed by atoms with Crippen LogP contribution >= 0.6 is 0 Å². The molecule has 0 saturated heterocycles. The number of rotatable bonds is 10. The van der Waals surface area contributed by atoms with E-state index in [0.717, 1.165) is 28.7 Å². The van der Waals surface area contributed by atoms with E-state index in [1.807, 2.05) is 24.3 Å². The first-order chi connectivity index (χ1) is 15.9. The predicted octanol–water partition coefficient (Wildman–Crippen LogP) is 2.70. The van der Waals surface area contributed by atoms with Crippen molar-refractivity contribution in [1.82, 2.24) is 19.3 Å². The summed E-state index contributed by atoms with van der Waals surface area (Å²) in [5.41, 5.74) is 14.8. The van der Waals surface area contributed by atoms with Crippen LogP contribution in [0.5, 0.6) is 0 Å². The van der Waals surface area contributed by atoms with Gasteiger partial charge in [0.05, 0.1) is 22.5 Å². The maximum absolute atomic E-state index is 12.5. The van der Waals surface area contributed by atoms with E-state index in [1.54, 1.807) is 19.2 Å². The third kappa shape index (κ3) is 4.92. The molecule has 0 fully saturated rings. The van der Waals surface area contributed by atoms with Gasteiger partial charge < -0.3 is 20.8 Å². The number of para-hydroxylation sites is 1. The molecule has 4 rings (SSSR count). The zero-order valence-corrected chi connectivity index (χ0v) is 19.3. The Morgan fingerprint density at radius 1 is 1.06 bits per heavy atom. The average Bonchev–Trinajstić information content (AvgIpc) is 3.17. The third-order valence-corrected chi connectivity index (χ3v) is 6.95. The molecule has 2 heterocycles. The first-order valence-electron chi connectivity index (χ1n) is 10.8. The summed E-state index contributed by atoms with van der Waals surface area (Å²) in [6.07, 6.45) is 2.05. The molecule has 9 nitrogen and oxygen atoms in total. The van der Waals surface area contributed by atoms with Crippen molar-refractivity contribution < 1.29 is 13.2 Å². The summed E-state index contributed by atoms with van der Waals surface area (Å²) in [7, 11) is -1.94. The number of aryl methyl sites for hydroxylation is 1. The molecule has 33 heavy (non-hydrogen) atoms. The second kappa shape index (κ2) is 9.74. The molecular formula is C23H28N6O3S. The zero-order valence-electron chi connectivity index (χ0n) is 18.5. The summed E-state index contributed by atoms with van der Waals surface area (Å²) in [6.45, 7) is 1.53. The topological polar surface area (TPSA) is 138 Å². The van der Waals surface area contributed by atoms with E-state index in [9.17, 15) is 8.42 Å². The van der Waals surface area contributed by atoms with Gasteiger partial charge in [0.25, 0.3) is 0 Å². The highest BCUT2D eigenvalue weighted by Gasteiger charge is 2.17. The van der Waals surface area contributed by atoms with Crippen LogP contribution in [0.2, 0.25) is 0 Å². The number of fused-ring (bicyclic) bond motifs is 3. The fraction of sp³-hybridized carbons (Fsp3) is 0.304. The lowest BCUT2D eigenvalue weighted by Crippen LogP contribution is -2.25. The Morgan fingerprint density at radius 2 is 1.88 bits per heavy atom. The third-order valence-electron chi connectivity index (χ3n) is 5.49.